The number of nitrogen functional groups attached to an aromatic ring is 1. The Bertz CT molecular complexity index is 1010. The second kappa shape index (κ2) is 7.26. The van der Waals surface area contributed by atoms with E-state index >= 15 is 0 Å². The number of likely N-dealkylation sites (tertiary alicyclic amines) is 1. The molecule has 4 rings (SSSR count). The van der Waals surface area contributed by atoms with Gasteiger partial charge in [0.05, 0.1) is 23.5 Å². The summed E-state index contributed by atoms with van der Waals surface area (Å²) in [5.74, 6) is -0.135. The molecule has 1 amide bonds. The number of Topliss-reactive ketones (excluding diaryl/α,β-unsaturated/α-hetero) is 1. The largest absolute Gasteiger partial charge is 0.383 e. The van der Waals surface area contributed by atoms with Crippen LogP contribution in [-0.4, -0.2) is 43.9 Å². The summed E-state index contributed by atoms with van der Waals surface area (Å²) in [5, 5.41) is 4.29. The first-order valence-corrected chi connectivity index (χ1v) is 9.23. The van der Waals surface area contributed by atoms with Gasteiger partial charge in [-0.1, -0.05) is 23.8 Å². The minimum Gasteiger partial charge on any atom is -0.383 e. The van der Waals surface area contributed by atoms with E-state index < -0.39 is 6.04 Å². The smallest absolute Gasteiger partial charge is 0.273 e. The average molecular weight is 375 g/mol. The van der Waals surface area contributed by atoms with E-state index in [-0.39, 0.29) is 17.5 Å². The maximum Gasteiger partial charge on any atom is 0.273 e. The number of aromatic nitrogens is 3. The van der Waals surface area contributed by atoms with Crippen LogP contribution in [0.25, 0.3) is 5.69 Å². The van der Waals surface area contributed by atoms with E-state index in [9.17, 15) is 9.59 Å². The van der Waals surface area contributed by atoms with Crippen LogP contribution in [0, 0.1) is 6.92 Å². The lowest BCUT2D eigenvalue weighted by molar-refractivity contribution is 0.0667. The summed E-state index contributed by atoms with van der Waals surface area (Å²) in [7, 11) is 0. The molecule has 1 aliphatic heterocycles. The van der Waals surface area contributed by atoms with Gasteiger partial charge in [0.15, 0.2) is 5.78 Å². The summed E-state index contributed by atoms with van der Waals surface area (Å²) < 4.78 is 1.55. The first-order valence-electron chi connectivity index (χ1n) is 9.23. The van der Waals surface area contributed by atoms with Crippen molar-refractivity contribution in [2.24, 2.45) is 0 Å². The highest BCUT2D eigenvalue weighted by Crippen LogP contribution is 2.26. The second-order valence-electron chi connectivity index (χ2n) is 6.93. The quantitative estimate of drug-likeness (QED) is 0.708. The molecule has 0 bridgehead atoms. The molecule has 0 saturated carbocycles. The van der Waals surface area contributed by atoms with E-state index in [4.69, 9.17) is 5.73 Å². The number of aryl methyl sites for hydroxylation is 1. The molecular weight excluding hydrogens is 354 g/mol. The molecule has 0 aliphatic carbocycles. The summed E-state index contributed by atoms with van der Waals surface area (Å²) in [4.78, 5) is 31.7. The van der Waals surface area contributed by atoms with Crippen LogP contribution in [-0.2, 0) is 0 Å². The van der Waals surface area contributed by atoms with Gasteiger partial charge in [-0.25, -0.2) is 4.68 Å². The molecule has 28 heavy (non-hydrogen) atoms. The maximum absolute atomic E-state index is 13.2. The number of benzene rings is 1. The molecule has 1 fully saturated rings. The van der Waals surface area contributed by atoms with E-state index in [0.29, 0.717) is 24.2 Å². The number of amides is 1. The third kappa shape index (κ3) is 3.15. The number of nitrogens with two attached hydrogens (primary N) is 1. The molecule has 0 spiro atoms. The van der Waals surface area contributed by atoms with E-state index in [1.54, 1.807) is 34.0 Å². The Balaban J connectivity index is 1.60. The van der Waals surface area contributed by atoms with E-state index in [1.165, 1.54) is 6.20 Å². The van der Waals surface area contributed by atoms with Gasteiger partial charge in [-0.15, -0.1) is 0 Å². The Labute approximate surface area is 162 Å². The lowest BCUT2D eigenvalue weighted by atomic mass is 10.0. The van der Waals surface area contributed by atoms with Crippen molar-refractivity contribution < 1.29 is 9.59 Å². The number of pyridine rings is 1. The molecule has 2 aromatic heterocycles. The fraction of sp³-hybridized carbons (Fsp3) is 0.238. The van der Waals surface area contributed by atoms with Crippen LogP contribution in [0.3, 0.4) is 0 Å². The summed E-state index contributed by atoms with van der Waals surface area (Å²) in [6.45, 7) is 2.52. The number of carbonyl (C=O) groups excluding carboxylic acids is 2. The number of anilines is 1. The molecule has 3 heterocycles. The van der Waals surface area contributed by atoms with Crippen LogP contribution in [0.1, 0.15) is 39.3 Å². The molecule has 3 aromatic rings. The highest BCUT2D eigenvalue weighted by atomic mass is 16.2. The van der Waals surface area contributed by atoms with Gasteiger partial charge in [-0.05, 0) is 44.0 Å². The minimum absolute atomic E-state index is 0.183. The number of hydrogen-bond donors (Lipinski definition) is 1. The Kier molecular flexibility index (Phi) is 4.65. The van der Waals surface area contributed by atoms with Gasteiger partial charge in [0.1, 0.15) is 11.5 Å². The van der Waals surface area contributed by atoms with Crippen molar-refractivity contribution in [1.82, 2.24) is 19.7 Å². The van der Waals surface area contributed by atoms with Crippen LogP contribution >= 0.6 is 0 Å². The molecule has 0 radical (unpaired) electrons. The Hall–Kier alpha value is -3.48. The van der Waals surface area contributed by atoms with Gasteiger partial charge in [-0.3, -0.25) is 14.6 Å². The minimum atomic E-state index is -0.549. The zero-order valence-electron chi connectivity index (χ0n) is 15.6. The molecule has 1 aliphatic rings. The summed E-state index contributed by atoms with van der Waals surface area (Å²) in [6.07, 6.45) is 4.43. The van der Waals surface area contributed by atoms with Crippen LogP contribution < -0.4 is 5.73 Å². The highest BCUT2D eigenvalue weighted by Gasteiger charge is 2.36. The Morgan fingerprint density at radius 1 is 1.14 bits per heavy atom. The number of nitrogens with zero attached hydrogens (tertiary/aromatic N) is 4. The van der Waals surface area contributed by atoms with Crippen molar-refractivity contribution in [2.45, 2.75) is 25.8 Å². The molecular formula is C21H21N5O2. The van der Waals surface area contributed by atoms with Crippen molar-refractivity contribution in [1.29, 1.82) is 0 Å². The molecule has 1 aromatic carbocycles. The fourth-order valence-electron chi connectivity index (χ4n) is 3.54. The SMILES string of the molecule is Cc1ccc(-n2ncc(C(=O)[C@H]3CCCN3C(=O)c3ccccn3)c2N)cc1. The van der Waals surface area contributed by atoms with Gasteiger partial charge in [0.2, 0.25) is 0 Å². The molecule has 7 heteroatoms. The first-order chi connectivity index (χ1) is 13.6. The van der Waals surface area contributed by atoms with Crippen LogP contribution in [0.5, 0.6) is 0 Å². The molecule has 2 N–H and O–H groups in total. The normalized spacial score (nSPS) is 16.3. The summed E-state index contributed by atoms with van der Waals surface area (Å²) in [5.41, 5.74) is 8.83. The monoisotopic (exact) mass is 375 g/mol. The lowest BCUT2D eigenvalue weighted by Gasteiger charge is -2.23. The highest BCUT2D eigenvalue weighted by molar-refractivity contribution is 6.06. The third-order valence-corrected chi connectivity index (χ3v) is 5.05. The number of rotatable bonds is 4. The van der Waals surface area contributed by atoms with Crippen molar-refractivity contribution in [3.8, 4) is 5.69 Å². The molecule has 1 atom stereocenters. The van der Waals surface area contributed by atoms with Crippen molar-refractivity contribution in [3.63, 3.8) is 0 Å². The second-order valence-corrected chi connectivity index (χ2v) is 6.93. The van der Waals surface area contributed by atoms with E-state index in [2.05, 4.69) is 10.1 Å². The summed E-state index contributed by atoms with van der Waals surface area (Å²) in [6, 6.07) is 12.3. The molecule has 0 unspecified atom stereocenters. The average Bonchev–Trinajstić information content (AvgIpc) is 3.35. The van der Waals surface area contributed by atoms with Gasteiger partial charge in [0.25, 0.3) is 5.91 Å². The van der Waals surface area contributed by atoms with Crippen molar-refractivity contribution >= 4 is 17.5 Å². The fourth-order valence-corrected chi connectivity index (χ4v) is 3.54. The van der Waals surface area contributed by atoms with Crippen molar-refractivity contribution in [3.05, 3.63) is 71.7 Å². The summed E-state index contributed by atoms with van der Waals surface area (Å²) >= 11 is 0. The predicted octanol–water partition coefficient (Wildman–Crippen LogP) is 2.65. The Morgan fingerprint density at radius 2 is 1.93 bits per heavy atom. The van der Waals surface area contributed by atoms with E-state index in [0.717, 1.165) is 17.7 Å². The topological polar surface area (TPSA) is 94.1 Å². The first kappa shape index (κ1) is 17.9. The third-order valence-electron chi connectivity index (χ3n) is 5.05. The predicted molar refractivity (Wildman–Crippen MR) is 105 cm³/mol. The van der Waals surface area contributed by atoms with Gasteiger partial charge < -0.3 is 10.6 Å². The van der Waals surface area contributed by atoms with Gasteiger partial charge in [-0.2, -0.15) is 5.10 Å². The zero-order chi connectivity index (χ0) is 19.7. The standard InChI is InChI=1S/C21H21N5O2/c1-14-7-9-15(10-8-14)26-20(22)16(13-24-26)19(27)18-6-4-12-25(18)21(28)17-5-2-3-11-23-17/h2-3,5,7-11,13,18H,4,6,12,22H2,1H3/t18-/m1/s1. The van der Waals surface area contributed by atoms with Crippen LogP contribution in [0.2, 0.25) is 0 Å². The molecule has 142 valence electrons. The molecule has 7 nitrogen and oxygen atoms in total. The van der Waals surface area contributed by atoms with Gasteiger partial charge >= 0.3 is 0 Å². The maximum atomic E-state index is 13.2. The number of carbonyl (C=O) groups is 2. The molecule has 1 saturated heterocycles. The van der Waals surface area contributed by atoms with Crippen molar-refractivity contribution in [2.75, 3.05) is 12.3 Å². The van der Waals surface area contributed by atoms with E-state index in [1.807, 2.05) is 31.2 Å². The number of hydrogen-bond acceptors (Lipinski definition) is 5. The van der Waals surface area contributed by atoms with Crippen LogP contribution in [0.15, 0.2) is 54.9 Å². The lowest BCUT2D eigenvalue weighted by Crippen LogP contribution is -2.41. The number of ketones is 1. The van der Waals surface area contributed by atoms with Gasteiger partial charge in [0, 0.05) is 12.7 Å². The Morgan fingerprint density at radius 3 is 2.64 bits per heavy atom. The van der Waals surface area contributed by atoms with Crippen LogP contribution in [0.4, 0.5) is 5.82 Å². The zero-order valence-corrected chi connectivity index (χ0v) is 15.6.